The smallest absolute Gasteiger partial charge is 0.227 e. The molecule has 112 valence electrons. The van der Waals surface area contributed by atoms with Crippen molar-refractivity contribution in [3.05, 3.63) is 11.7 Å². The monoisotopic (exact) mass is 279 g/mol. The Hall–Kier alpha value is -0.940. The summed E-state index contributed by atoms with van der Waals surface area (Å²) in [6.45, 7) is 1.59. The van der Waals surface area contributed by atoms with Crippen LogP contribution in [0.25, 0.3) is 0 Å². The molecule has 0 spiro atoms. The van der Waals surface area contributed by atoms with Gasteiger partial charge < -0.3 is 15.0 Å². The van der Waals surface area contributed by atoms with Crippen molar-refractivity contribution < 1.29 is 9.26 Å². The van der Waals surface area contributed by atoms with Crippen molar-refractivity contribution in [1.29, 1.82) is 0 Å². The van der Waals surface area contributed by atoms with E-state index in [1.54, 1.807) is 0 Å². The van der Waals surface area contributed by atoms with E-state index in [2.05, 4.69) is 10.1 Å². The van der Waals surface area contributed by atoms with Crippen molar-refractivity contribution in [1.82, 2.24) is 10.1 Å². The Kier molecular flexibility index (Phi) is 4.36. The van der Waals surface area contributed by atoms with Gasteiger partial charge in [-0.3, -0.25) is 0 Å². The number of aromatic nitrogens is 2. The summed E-state index contributed by atoms with van der Waals surface area (Å²) in [6, 6.07) is 0. The van der Waals surface area contributed by atoms with Crippen LogP contribution in [0.4, 0.5) is 0 Å². The molecule has 2 aliphatic rings. The number of nitrogens with two attached hydrogens (primary N) is 1. The lowest BCUT2D eigenvalue weighted by molar-refractivity contribution is 0.109. The fourth-order valence-electron chi connectivity index (χ4n) is 3.53. The number of nitrogens with zero attached hydrogens (tertiary/aromatic N) is 2. The predicted octanol–water partition coefficient (Wildman–Crippen LogP) is 2.24. The van der Waals surface area contributed by atoms with E-state index in [1.807, 2.05) is 0 Å². The van der Waals surface area contributed by atoms with Gasteiger partial charge in [-0.05, 0) is 37.6 Å². The lowest BCUT2D eigenvalue weighted by Gasteiger charge is -2.34. The highest BCUT2D eigenvalue weighted by atomic mass is 16.5. The molecule has 0 amide bonds. The maximum absolute atomic E-state index is 6.02. The Morgan fingerprint density at radius 1 is 1.20 bits per heavy atom. The average molecular weight is 279 g/mol. The molecule has 3 rings (SSSR count). The van der Waals surface area contributed by atoms with Gasteiger partial charge in [0, 0.05) is 19.4 Å². The number of ether oxygens (including phenoxy) is 1. The first-order valence-electron chi connectivity index (χ1n) is 7.93. The van der Waals surface area contributed by atoms with Gasteiger partial charge in [-0.15, -0.1) is 0 Å². The predicted molar refractivity (Wildman–Crippen MR) is 75.3 cm³/mol. The minimum absolute atomic E-state index is 0.186. The van der Waals surface area contributed by atoms with Crippen LogP contribution in [0, 0.1) is 5.41 Å². The molecule has 20 heavy (non-hydrogen) atoms. The van der Waals surface area contributed by atoms with Gasteiger partial charge in [-0.1, -0.05) is 24.4 Å². The zero-order chi connectivity index (χ0) is 13.8. The van der Waals surface area contributed by atoms with Gasteiger partial charge in [0.25, 0.3) is 0 Å². The van der Waals surface area contributed by atoms with Crippen LogP contribution in [-0.2, 0) is 17.6 Å². The van der Waals surface area contributed by atoms with Gasteiger partial charge >= 0.3 is 0 Å². The number of hydrogen-bond acceptors (Lipinski definition) is 5. The van der Waals surface area contributed by atoms with Crippen LogP contribution in [0.5, 0.6) is 0 Å². The van der Waals surface area contributed by atoms with Crippen molar-refractivity contribution >= 4 is 0 Å². The first-order chi connectivity index (χ1) is 9.80. The Morgan fingerprint density at radius 2 is 2.05 bits per heavy atom. The molecular formula is C15H25N3O2. The summed E-state index contributed by atoms with van der Waals surface area (Å²) in [6.07, 6.45) is 10.4. The van der Waals surface area contributed by atoms with Crippen LogP contribution in [0.1, 0.15) is 56.7 Å². The van der Waals surface area contributed by atoms with Gasteiger partial charge in [-0.2, -0.15) is 4.98 Å². The molecule has 1 aliphatic heterocycles. The third-order valence-electron chi connectivity index (χ3n) is 4.82. The van der Waals surface area contributed by atoms with E-state index in [0.29, 0.717) is 0 Å². The lowest BCUT2D eigenvalue weighted by Crippen LogP contribution is -2.35. The minimum atomic E-state index is 0.186. The zero-order valence-corrected chi connectivity index (χ0v) is 12.1. The Morgan fingerprint density at radius 3 is 2.75 bits per heavy atom. The van der Waals surface area contributed by atoms with Crippen molar-refractivity contribution in [3.8, 4) is 0 Å². The molecule has 1 saturated heterocycles. The van der Waals surface area contributed by atoms with Crippen LogP contribution in [0.3, 0.4) is 0 Å². The van der Waals surface area contributed by atoms with E-state index in [4.69, 9.17) is 15.0 Å². The van der Waals surface area contributed by atoms with Gasteiger partial charge in [0.2, 0.25) is 5.89 Å². The fourth-order valence-corrected chi connectivity index (χ4v) is 3.53. The van der Waals surface area contributed by atoms with E-state index in [1.165, 1.54) is 32.1 Å². The molecule has 0 bridgehead atoms. The van der Waals surface area contributed by atoms with Gasteiger partial charge in [-0.25, -0.2) is 0 Å². The third kappa shape index (κ3) is 3.20. The second kappa shape index (κ2) is 6.22. The average Bonchev–Trinajstić information content (AvgIpc) is 3.13. The Balaban J connectivity index is 1.60. The van der Waals surface area contributed by atoms with Crippen LogP contribution in [0.15, 0.2) is 4.52 Å². The Labute approximate surface area is 120 Å². The standard InChI is InChI=1S/C15H25N3O2/c16-11-15(6-2-1-3-7-15)10-14-17-13(18-20-14)9-12-5-4-8-19-12/h12H,1-11,16H2. The summed E-state index contributed by atoms with van der Waals surface area (Å²) in [7, 11) is 0. The molecule has 1 aromatic rings. The van der Waals surface area contributed by atoms with Crippen LogP contribution in [-0.4, -0.2) is 29.4 Å². The lowest BCUT2D eigenvalue weighted by atomic mass is 9.72. The molecule has 1 aliphatic carbocycles. The van der Waals surface area contributed by atoms with Gasteiger partial charge in [0.15, 0.2) is 5.82 Å². The van der Waals surface area contributed by atoms with Crippen LogP contribution >= 0.6 is 0 Å². The van der Waals surface area contributed by atoms with Crippen LogP contribution in [0.2, 0.25) is 0 Å². The minimum Gasteiger partial charge on any atom is -0.378 e. The quantitative estimate of drug-likeness (QED) is 0.894. The van der Waals surface area contributed by atoms with E-state index in [-0.39, 0.29) is 11.5 Å². The van der Waals surface area contributed by atoms with E-state index in [9.17, 15) is 0 Å². The van der Waals surface area contributed by atoms with E-state index in [0.717, 1.165) is 50.6 Å². The molecule has 1 aromatic heterocycles. The summed E-state index contributed by atoms with van der Waals surface area (Å²) < 4.78 is 11.0. The fraction of sp³-hybridized carbons (Fsp3) is 0.867. The third-order valence-corrected chi connectivity index (χ3v) is 4.82. The van der Waals surface area contributed by atoms with Crippen molar-refractivity contribution in [2.75, 3.05) is 13.2 Å². The number of rotatable bonds is 5. The highest BCUT2D eigenvalue weighted by Crippen LogP contribution is 2.38. The normalized spacial score (nSPS) is 25.9. The highest BCUT2D eigenvalue weighted by Gasteiger charge is 2.33. The van der Waals surface area contributed by atoms with E-state index < -0.39 is 0 Å². The molecule has 2 heterocycles. The second-order valence-corrected chi connectivity index (χ2v) is 6.39. The molecule has 1 atom stereocenters. The molecule has 0 aromatic carbocycles. The number of hydrogen-bond donors (Lipinski definition) is 1. The largest absolute Gasteiger partial charge is 0.378 e. The summed E-state index contributed by atoms with van der Waals surface area (Å²) in [5, 5.41) is 4.10. The molecule has 2 N–H and O–H groups in total. The summed E-state index contributed by atoms with van der Waals surface area (Å²) in [4.78, 5) is 4.55. The molecule has 1 saturated carbocycles. The first-order valence-corrected chi connectivity index (χ1v) is 7.93. The maximum Gasteiger partial charge on any atom is 0.227 e. The Bertz CT molecular complexity index is 421. The van der Waals surface area contributed by atoms with Gasteiger partial charge in [0.1, 0.15) is 0 Å². The topological polar surface area (TPSA) is 74.2 Å². The second-order valence-electron chi connectivity index (χ2n) is 6.39. The molecule has 1 unspecified atom stereocenters. The molecule has 0 radical (unpaired) electrons. The summed E-state index contributed by atoms with van der Waals surface area (Å²) in [5.74, 6) is 1.54. The molecular weight excluding hydrogens is 254 g/mol. The molecule has 2 fully saturated rings. The SMILES string of the molecule is NCC1(Cc2nc(CC3CCCO3)no2)CCCCC1. The van der Waals surface area contributed by atoms with Crippen molar-refractivity contribution in [2.45, 2.75) is 63.9 Å². The zero-order valence-electron chi connectivity index (χ0n) is 12.1. The first kappa shape index (κ1) is 14.0. The molecule has 5 nitrogen and oxygen atoms in total. The summed E-state index contributed by atoms with van der Waals surface area (Å²) in [5.41, 5.74) is 6.20. The summed E-state index contributed by atoms with van der Waals surface area (Å²) >= 11 is 0. The van der Waals surface area contributed by atoms with Crippen LogP contribution < -0.4 is 5.73 Å². The molecule has 5 heteroatoms. The van der Waals surface area contributed by atoms with Gasteiger partial charge in [0.05, 0.1) is 6.10 Å². The maximum atomic E-state index is 6.02. The highest BCUT2D eigenvalue weighted by molar-refractivity contribution is 4.96. The van der Waals surface area contributed by atoms with E-state index >= 15 is 0 Å². The van der Waals surface area contributed by atoms with Crippen molar-refractivity contribution in [3.63, 3.8) is 0 Å². The van der Waals surface area contributed by atoms with Crippen molar-refractivity contribution in [2.24, 2.45) is 11.1 Å².